The van der Waals surface area contributed by atoms with E-state index >= 15 is 0 Å². The lowest BCUT2D eigenvalue weighted by Gasteiger charge is -2.49. The highest BCUT2D eigenvalue weighted by atomic mass is 16.2. The number of hydrogen-bond donors (Lipinski definition) is 0. The van der Waals surface area contributed by atoms with Crippen molar-refractivity contribution in [3.8, 4) is 0 Å². The van der Waals surface area contributed by atoms with Crippen LogP contribution in [-0.4, -0.2) is 46.8 Å². The van der Waals surface area contributed by atoms with Gasteiger partial charge < -0.3 is 9.80 Å². The Kier molecular flexibility index (Phi) is 4.37. The van der Waals surface area contributed by atoms with Crippen molar-refractivity contribution < 1.29 is 9.59 Å². The molecule has 120 valence electrons. The molecular weight excluding hydrogens is 276 g/mol. The second kappa shape index (κ2) is 6.27. The van der Waals surface area contributed by atoms with Crippen LogP contribution in [0.25, 0.3) is 0 Å². The van der Waals surface area contributed by atoms with E-state index in [0.717, 1.165) is 38.8 Å². The first-order chi connectivity index (χ1) is 10.7. The van der Waals surface area contributed by atoms with Gasteiger partial charge in [0.05, 0.1) is 23.9 Å². The van der Waals surface area contributed by atoms with Gasteiger partial charge >= 0.3 is 0 Å². The third-order valence-electron chi connectivity index (χ3n) is 5.13. The highest BCUT2D eigenvalue weighted by Gasteiger charge is 2.48. The number of amides is 2. The first-order valence-corrected chi connectivity index (χ1v) is 8.66. The molecule has 0 N–H and O–H groups in total. The zero-order chi connectivity index (χ0) is 15.7. The maximum atomic E-state index is 12.9. The Balaban J connectivity index is 1.92. The molecule has 6 rings (SSSR count). The van der Waals surface area contributed by atoms with E-state index < -0.39 is 0 Å². The van der Waals surface area contributed by atoms with Gasteiger partial charge in [-0.1, -0.05) is 51.0 Å². The summed E-state index contributed by atoms with van der Waals surface area (Å²) in [5.74, 6) is 0.00132. The van der Waals surface area contributed by atoms with Crippen LogP contribution in [-0.2, 0) is 9.59 Å². The Bertz CT molecular complexity index is 465. The van der Waals surface area contributed by atoms with Crippen molar-refractivity contribution in [2.45, 2.75) is 51.6 Å². The molecule has 0 unspecified atom stereocenters. The molecule has 4 bridgehead atoms. The van der Waals surface area contributed by atoms with Crippen molar-refractivity contribution in [3.05, 3.63) is 24.3 Å². The Morgan fingerprint density at radius 3 is 1.55 bits per heavy atom. The maximum Gasteiger partial charge on any atom is 0.232 e. The van der Waals surface area contributed by atoms with E-state index in [1.165, 1.54) is 0 Å². The van der Waals surface area contributed by atoms with Crippen molar-refractivity contribution >= 4 is 11.8 Å². The summed E-state index contributed by atoms with van der Waals surface area (Å²) in [5.41, 5.74) is 0. The lowest BCUT2D eigenvalue weighted by molar-refractivity contribution is -0.151. The molecule has 5 heterocycles. The van der Waals surface area contributed by atoms with Gasteiger partial charge in [-0.15, -0.1) is 0 Å². The fourth-order valence-corrected chi connectivity index (χ4v) is 3.84. The second-order valence-electron chi connectivity index (χ2n) is 6.57. The summed E-state index contributed by atoms with van der Waals surface area (Å²) >= 11 is 0. The highest BCUT2D eigenvalue weighted by molar-refractivity contribution is 5.91. The molecule has 0 aromatic rings. The monoisotopic (exact) mass is 302 g/mol. The first kappa shape index (κ1) is 15.3. The number of nitrogens with zero attached hydrogens (tertiary/aromatic N) is 2. The van der Waals surface area contributed by atoms with E-state index in [4.69, 9.17) is 0 Å². The van der Waals surface area contributed by atoms with Crippen molar-refractivity contribution in [2.75, 3.05) is 13.1 Å². The zero-order valence-electron chi connectivity index (χ0n) is 13.6. The minimum atomic E-state index is -0.202. The highest BCUT2D eigenvalue weighted by Crippen LogP contribution is 2.36. The summed E-state index contributed by atoms with van der Waals surface area (Å²) in [6.45, 7) is 5.79. The SMILES string of the molecule is CCCCN1C(=O)[C@@H]2C=C[C@H]1[C@H]1C=C[C@@H]2N(CCCC)C1=O. The molecule has 0 radical (unpaired) electrons. The second-order valence-corrected chi connectivity index (χ2v) is 6.57. The van der Waals surface area contributed by atoms with Crippen LogP contribution in [0.15, 0.2) is 24.3 Å². The minimum Gasteiger partial charge on any atom is -0.335 e. The van der Waals surface area contributed by atoms with Gasteiger partial charge in [0.1, 0.15) is 0 Å². The fourth-order valence-electron chi connectivity index (χ4n) is 3.84. The Morgan fingerprint density at radius 2 is 1.18 bits per heavy atom. The number of carbonyl (C=O) groups is 2. The predicted octanol–water partition coefficient (Wildman–Crippen LogP) is 2.37. The van der Waals surface area contributed by atoms with E-state index in [2.05, 4.69) is 26.0 Å². The van der Waals surface area contributed by atoms with Gasteiger partial charge in [0.2, 0.25) is 11.8 Å². The maximum absolute atomic E-state index is 12.9. The minimum absolute atomic E-state index is 0.0931. The molecule has 22 heavy (non-hydrogen) atoms. The van der Waals surface area contributed by atoms with Gasteiger partial charge in [-0.05, 0) is 12.8 Å². The molecule has 4 heteroatoms. The summed E-state index contributed by atoms with van der Waals surface area (Å²) in [6, 6.07) is -0.186. The lowest BCUT2D eigenvalue weighted by atomic mass is 9.78. The summed E-state index contributed by atoms with van der Waals surface area (Å²) in [4.78, 5) is 29.7. The van der Waals surface area contributed by atoms with Crippen LogP contribution in [0.3, 0.4) is 0 Å². The number of unbranched alkanes of at least 4 members (excludes halogenated alkanes) is 2. The third-order valence-corrected chi connectivity index (χ3v) is 5.13. The average Bonchev–Trinajstić information content (AvgIpc) is 2.50. The molecular formula is C18H26N2O2. The number of carbonyl (C=O) groups excluding carboxylic acids is 2. The molecule has 5 aliphatic heterocycles. The molecule has 0 saturated carbocycles. The molecule has 0 aromatic carbocycles. The van der Waals surface area contributed by atoms with Crippen LogP contribution in [0.4, 0.5) is 0 Å². The standard InChI is InChI=1S/C18H26N2O2/c1-3-5-11-19-15-9-7-14(17(19)21)16-10-8-13(15)18(22)20(16)12-6-4-2/h7-10,13-16H,3-6,11-12H2,1-2H3/t13-,14-,15+,16+/m1/s1. The molecule has 0 aromatic heterocycles. The fraction of sp³-hybridized carbons (Fsp3) is 0.667. The average molecular weight is 302 g/mol. The Hall–Kier alpha value is -1.58. The van der Waals surface area contributed by atoms with Gasteiger partial charge in [0, 0.05) is 13.1 Å². The number of hydrogen-bond acceptors (Lipinski definition) is 2. The van der Waals surface area contributed by atoms with E-state index in [1.807, 2.05) is 22.0 Å². The van der Waals surface area contributed by atoms with Crippen LogP contribution in [0.5, 0.6) is 0 Å². The molecule has 1 aliphatic carbocycles. The van der Waals surface area contributed by atoms with E-state index in [9.17, 15) is 9.59 Å². The van der Waals surface area contributed by atoms with Gasteiger partial charge in [-0.3, -0.25) is 9.59 Å². The van der Waals surface area contributed by atoms with E-state index in [1.54, 1.807) is 0 Å². The van der Waals surface area contributed by atoms with Gasteiger partial charge in [-0.25, -0.2) is 0 Å². The molecule has 6 aliphatic rings. The smallest absolute Gasteiger partial charge is 0.232 e. The van der Waals surface area contributed by atoms with Crippen molar-refractivity contribution in [3.63, 3.8) is 0 Å². The predicted molar refractivity (Wildman–Crippen MR) is 86.1 cm³/mol. The van der Waals surface area contributed by atoms with Crippen LogP contribution in [0.1, 0.15) is 39.5 Å². The molecule has 4 atom stereocenters. The summed E-state index contributed by atoms with van der Waals surface area (Å²) in [7, 11) is 0. The normalized spacial score (nSPS) is 32.8. The third kappa shape index (κ3) is 2.38. The van der Waals surface area contributed by atoms with Crippen molar-refractivity contribution in [1.82, 2.24) is 9.80 Å². The van der Waals surface area contributed by atoms with Crippen LogP contribution < -0.4 is 0 Å². The van der Waals surface area contributed by atoms with Gasteiger partial charge in [-0.2, -0.15) is 0 Å². The molecule has 2 amide bonds. The Morgan fingerprint density at radius 1 is 0.773 bits per heavy atom. The Labute approximate surface area is 132 Å². The quantitative estimate of drug-likeness (QED) is 0.707. The van der Waals surface area contributed by atoms with Gasteiger partial charge in [0.25, 0.3) is 0 Å². The first-order valence-electron chi connectivity index (χ1n) is 8.66. The van der Waals surface area contributed by atoms with Crippen molar-refractivity contribution in [1.29, 1.82) is 0 Å². The molecule has 1 fully saturated rings. The lowest BCUT2D eigenvalue weighted by Crippen LogP contribution is -2.63. The summed E-state index contributed by atoms with van der Waals surface area (Å²) in [5, 5.41) is 0. The van der Waals surface area contributed by atoms with Crippen LogP contribution in [0, 0.1) is 11.8 Å². The summed E-state index contributed by atoms with van der Waals surface area (Å²) in [6.07, 6.45) is 12.4. The van der Waals surface area contributed by atoms with Crippen LogP contribution >= 0.6 is 0 Å². The van der Waals surface area contributed by atoms with Gasteiger partial charge in [0.15, 0.2) is 0 Å². The van der Waals surface area contributed by atoms with Crippen molar-refractivity contribution in [2.24, 2.45) is 11.8 Å². The molecule has 1 saturated heterocycles. The topological polar surface area (TPSA) is 40.6 Å². The zero-order valence-corrected chi connectivity index (χ0v) is 13.6. The van der Waals surface area contributed by atoms with Crippen LogP contribution in [0.2, 0.25) is 0 Å². The molecule has 4 nitrogen and oxygen atoms in total. The summed E-state index contributed by atoms with van der Waals surface area (Å²) < 4.78 is 0. The number of rotatable bonds is 6. The molecule has 0 spiro atoms. The van der Waals surface area contributed by atoms with E-state index in [-0.39, 0.29) is 35.7 Å². The van der Waals surface area contributed by atoms with E-state index in [0.29, 0.717) is 0 Å². The largest absolute Gasteiger partial charge is 0.335 e.